The van der Waals surface area contributed by atoms with Gasteiger partial charge in [-0.1, -0.05) is 53.5 Å². The second-order valence-electron chi connectivity index (χ2n) is 8.65. The van der Waals surface area contributed by atoms with Crippen molar-refractivity contribution >= 4 is 62.4 Å². The molecule has 2 aromatic carbocycles. The Morgan fingerprint density at radius 1 is 1.11 bits per heavy atom. The number of sulfone groups is 1. The van der Waals surface area contributed by atoms with Crippen LogP contribution in [0.4, 0.5) is 4.79 Å². The molecule has 4 aromatic rings. The number of carbonyl (C=O) groups is 1. The summed E-state index contributed by atoms with van der Waals surface area (Å²) in [5.74, 6) is -0.498. The van der Waals surface area contributed by atoms with Crippen LogP contribution >= 0.6 is 34.8 Å². The lowest BCUT2D eigenvalue weighted by atomic mass is 10.1. The molecule has 0 radical (unpaired) electrons. The molecule has 1 amide bonds. The van der Waals surface area contributed by atoms with Crippen molar-refractivity contribution in [3.05, 3.63) is 98.5 Å². The van der Waals surface area contributed by atoms with Gasteiger partial charge in [0.1, 0.15) is 5.76 Å². The zero-order valence-electron chi connectivity index (χ0n) is 19.8. The van der Waals surface area contributed by atoms with Gasteiger partial charge in [-0.15, -0.1) is 5.10 Å². The van der Waals surface area contributed by atoms with Crippen molar-refractivity contribution in [1.29, 1.82) is 0 Å². The molecule has 1 N–H and O–H groups in total. The summed E-state index contributed by atoms with van der Waals surface area (Å²) in [6.45, 7) is 1.80. The first kappa shape index (κ1) is 26.4. The molecule has 3 heterocycles. The Morgan fingerprint density at radius 3 is 2.55 bits per heavy atom. The number of rotatable bonds is 5. The number of fused-ring (bicyclic) bond motifs is 1. The lowest BCUT2D eigenvalue weighted by molar-refractivity contribution is 0.194. The molecule has 2 aromatic heterocycles. The van der Waals surface area contributed by atoms with E-state index in [1.165, 1.54) is 10.7 Å². The maximum absolute atomic E-state index is 12.9. The smallest absolute Gasteiger partial charge is 0.414 e. The Balaban J connectivity index is 1.60. The van der Waals surface area contributed by atoms with Gasteiger partial charge in [-0.25, -0.2) is 17.9 Å². The summed E-state index contributed by atoms with van der Waals surface area (Å²) in [6, 6.07) is 16.9. The van der Waals surface area contributed by atoms with Crippen LogP contribution < -0.4 is 10.1 Å². The molecule has 1 aliphatic heterocycles. The summed E-state index contributed by atoms with van der Waals surface area (Å²) in [7, 11) is -3.63. The predicted octanol–water partition coefficient (Wildman–Crippen LogP) is 6.74. The molecule has 0 unspecified atom stereocenters. The summed E-state index contributed by atoms with van der Waals surface area (Å²) in [4.78, 5) is 12.9. The molecule has 0 saturated heterocycles. The number of nitrogens with zero attached hydrogens (tertiary/aromatic N) is 2. The number of amides is 1. The van der Waals surface area contributed by atoms with Crippen molar-refractivity contribution in [2.45, 2.75) is 18.7 Å². The van der Waals surface area contributed by atoms with E-state index in [-0.39, 0.29) is 39.2 Å². The highest BCUT2D eigenvalue weighted by atomic mass is 35.5. The molecule has 5 rings (SSSR count). The summed E-state index contributed by atoms with van der Waals surface area (Å²) >= 11 is 18.5. The first-order valence-electron chi connectivity index (χ1n) is 11.4. The normalized spacial score (nSPS) is 16.2. The fourth-order valence-corrected chi connectivity index (χ4v) is 6.32. The number of carbonyl (C=O) groups excluding carboxylic acids is 1. The van der Waals surface area contributed by atoms with Gasteiger partial charge in [-0.2, -0.15) is 0 Å². The lowest BCUT2D eigenvalue weighted by Crippen LogP contribution is -2.30. The Labute approximate surface area is 233 Å². The number of furan rings is 1. The molecule has 12 heteroatoms. The van der Waals surface area contributed by atoms with Crippen molar-refractivity contribution in [2.24, 2.45) is 0 Å². The third kappa shape index (κ3) is 5.61. The number of hydrogen-bond donors (Lipinski definition) is 1. The minimum absolute atomic E-state index is 0.151. The highest BCUT2D eigenvalue weighted by Gasteiger charge is 2.35. The Bertz CT molecular complexity index is 1660. The summed E-state index contributed by atoms with van der Waals surface area (Å²) < 4.78 is 38.3. The van der Waals surface area contributed by atoms with Crippen molar-refractivity contribution in [3.63, 3.8) is 0 Å². The fraction of sp³-hybridized carbons (Fsp3) is 0.154. The molecular weight excluding hydrogens is 573 g/mol. The number of nitrogens with one attached hydrogen (secondary N) is 1. The molecule has 0 fully saturated rings. The van der Waals surface area contributed by atoms with Crippen LogP contribution in [-0.4, -0.2) is 30.0 Å². The third-order valence-electron chi connectivity index (χ3n) is 5.86. The van der Waals surface area contributed by atoms with Crippen LogP contribution in [-0.2, 0) is 15.6 Å². The molecule has 1 aliphatic rings. The van der Waals surface area contributed by atoms with E-state index >= 15 is 0 Å². The van der Waals surface area contributed by atoms with Crippen LogP contribution in [0.2, 0.25) is 15.3 Å². The van der Waals surface area contributed by atoms with Gasteiger partial charge in [0.25, 0.3) is 0 Å². The van der Waals surface area contributed by atoms with Gasteiger partial charge in [0.2, 0.25) is 5.88 Å². The summed E-state index contributed by atoms with van der Waals surface area (Å²) in [5.41, 5.74) is 2.28. The molecule has 196 valence electrons. The van der Waals surface area contributed by atoms with Gasteiger partial charge in [-0.3, -0.25) is 0 Å². The maximum atomic E-state index is 12.9. The molecule has 0 bridgehead atoms. The fourth-order valence-electron chi connectivity index (χ4n) is 4.18. The molecule has 8 nitrogen and oxygen atoms in total. The molecule has 38 heavy (non-hydrogen) atoms. The molecule has 0 aliphatic carbocycles. The van der Waals surface area contributed by atoms with E-state index in [2.05, 4.69) is 10.4 Å². The summed E-state index contributed by atoms with van der Waals surface area (Å²) in [6.07, 6.45) is 0.771. The van der Waals surface area contributed by atoms with Crippen LogP contribution in [0.1, 0.15) is 35.5 Å². The minimum Gasteiger partial charge on any atom is -0.445 e. The highest BCUT2D eigenvalue weighted by molar-refractivity contribution is 7.91. The average molecular weight is 593 g/mol. The summed E-state index contributed by atoms with van der Waals surface area (Å²) in [5, 5.41) is 8.06. The zero-order chi connectivity index (χ0) is 27.0. The third-order valence-corrected chi connectivity index (χ3v) is 8.08. The standard InChI is InChI=1S/C26H20Cl3N3O5S/c1-15(16-5-3-2-4-6-16)30-26(33)37-25-20-14-38(34,35)13-17(11-19-8-10-23(29)36-19)24(20)32(31-25)22-9-7-18(27)12-21(22)28/h2-12,15H,13-14H2,1H3,(H,30,33)/b17-11+/t15-/m1/s1. The Kier molecular flexibility index (Phi) is 7.28. The van der Waals surface area contributed by atoms with E-state index < -0.39 is 15.9 Å². The first-order valence-corrected chi connectivity index (χ1v) is 14.3. The van der Waals surface area contributed by atoms with Crippen LogP contribution in [0.3, 0.4) is 0 Å². The lowest BCUT2D eigenvalue weighted by Gasteiger charge is -2.19. The number of halogens is 3. The van der Waals surface area contributed by atoms with Gasteiger partial charge in [0.15, 0.2) is 15.1 Å². The maximum Gasteiger partial charge on any atom is 0.414 e. The van der Waals surface area contributed by atoms with Gasteiger partial charge >= 0.3 is 6.09 Å². The molecule has 0 spiro atoms. The van der Waals surface area contributed by atoms with Crippen molar-refractivity contribution in [1.82, 2.24) is 15.1 Å². The van der Waals surface area contributed by atoms with E-state index in [0.29, 0.717) is 27.7 Å². The van der Waals surface area contributed by atoms with Crippen molar-refractivity contribution in [3.8, 4) is 11.6 Å². The van der Waals surface area contributed by atoms with Gasteiger partial charge < -0.3 is 14.5 Å². The van der Waals surface area contributed by atoms with E-state index in [1.54, 1.807) is 37.3 Å². The molecular formula is C26H20Cl3N3O5S. The molecule has 1 atom stereocenters. The topological polar surface area (TPSA) is 103 Å². The van der Waals surface area contributed by atoms with E-state index in [1.807, 2.05) is 30.3 Å². The molecule has 0 saturated carbocycles. The number of ether oxygens (including phenoxy) is 1. The number of hydrogen-bond acceptors (Lipinski definition) is 6. The van der Waals surface area contributed by atoms with Crippen molar-refractivity contribution in [2.75, 3.05) is 5.75 Å². The van der Waals surface area contributed by atoms with Crippen molar-refractivity contribution < 1.29 is 22.4 Å². The Morgan fingerprint density at radius 2 is 1.87 bits per heavy atom. The predicted molar refractivity (Wildman–Crippen MR) is 147 cm³/mol. The first-order chi connectivity index (χ1) is 18.1. The van der Waals surface area contributed by atoms with Crippen LogP contribution in [0.25, 0.3) is 17.3 Å². The second-order valence-corrected chi connectivity index (χ2v) is 11.9. The zero-order valence-corrected chi connectivity index (χ0v) is 22.9. The quantitative estimate of drug-likeness (QED) is 0.275. The van der Waals surface area contributed by atoms with E-state index in [4.69, 9.17) is 44.0 Å². The van der Waals surface area contributed by atoms with E-state index in [9.17, 15) is 13.2 Å². The number of benzene rings is 2. The van der Waals surface area contributed by atoms with Gasteiger partial charge in [-0.05, 0) is 66.1 Å². The van der Waals surface area contributed by atoms with Crippen LogP contribution in [0.5, 0.6) is 5.88 Å². The highest BCUT2D eigenvalue weighted by Crippen LogP contribution is 2.39. The van der Waals surface area contributed by atoms with Gasteiger partial charge in [0, 0.05) is 5.02 Å². The monoisotopic (exact) mass is 591 g/mol. The second kappa shape index (κ2) is 10.5. The number of aromatic nitrogens is 2. The Hall–Kier alpha value is -3.24. The SMILES string of the molecule is C[C@@H](NC(=O)Oc1nn(-c2ccc(Cl)cc2Cl)c2c1CS(=O)(=O)C/C2=C\c1ccc(Cl)o1)c1ccccc1. The van der Waals surface area contributed by atoms with E-state index in [0.717, 1.165) is 5.56 Å². The van der Waals surface area contributed by atoms with Gasteiger partial charge in [0.05, 0.1) is 39.5 Å². The van der Waals surface area contributed by atoms with Crippen LogP contribution in [0, 0.1) is 0 Å². The average Bonchev–Trinajstić information content (AvgIpc) is 3.41. The largest absolute Gasteiger partial charge is 0.445 e. The minimum atomic E-state index is -3.63. The van der Waals surface area contributed by atoms with Crippen LogP contribution in [0.15, 0.2) is 65.1 Å².